The Morgan fingerprint density at radius 1 is 1.36 bits per heavy atom. The highest BCUT2D eigenvalue weighted by molar-refractivity contribution is 7.98. The summed E-state index contributed by atoms with van der Waals surface area (Å²) in [5.74, 6) is -0.196. The van der Waals surface area contributed by atoms with Crippen LogP contribution in [0.25, 0.3) is 0 Å². The maximum atomic E-state index is 13.0. The number of benzene rings is 1. The number of nitrogens with zero attached hydrogens (tertiary/aromatic N) is 2. The molecule has 1 N–H and O–H groups in total. The molecule has 2 unspecified atom stereocenters. The maximum absolute atomic E-state index is 13.0. The number of nitro groups is 1. The molecule has 7 heteroatoms. The number of hydrogen-bond donors (Lipinski definition) is 1. The van der Waals surface area contributed by atoms with Crippen LogP contribution in [0.15, 0.2) is 23.1 Å². The fourth-order valence-corrected chi connectivity index (χ4v) is 3.87. The molecule has 2 atom stereocenters. The van der Waals surface area contributed by atoms with Crippen LogP contribution in [0, 0.1) is 10.1 Å². The molecule has 2 aliphatic heterocycles. The third kappa shape index (κ3) is 2.70. The van der Waals surface area contributed by atoms with Gasteiger partial charge >= 0.3 is 0 Å². The third-order valence-electron chi connectivity index (χ3n) is 4.52. The molecule has 6 nitrogen and oxygen atoms in total. The van der Waals surface area contributed by atoms with E-state index < -0.39 is 4.92 Å². The normalized spacial score (nSPS) is 24.1. The van der Waals surface area contributed by atoms with Crippen LogP contribution in [0.2, 0.25) is 0 Å². The monoisotopic (exact) mass is 321 g/mol. The molecule has 2 heterocycles. The van der Waals surface area contributed by atoms with E-state index in [1.165, 1.54) is 17.8 Å². The minimum absolute atomic E-state index is 0.0978. The number of thioether (sulfide) groups is 1. The van der Waals surface area contributed by atoms with E-state index in [1.807, 2.05) is 11.2 Å². The van der Waals surface area contributed by atoms with Crippen molar-refractivity contribution in [1.29, 1.82) is 0 Å². The number of amides is 1. The molecule has 2 bridgehead atoms. The van der Waals surface area contributed by atoms with E-state index in [0.29, 0.717) is 0 Å². The van der Waals surface area contributed by atoms with Gasteiger partial charge in [0.05, 0.1) is 4.92 Å². The Kier molecular flexibility index (Phi) is 4.35. The van der Waals surface area contributed by atoms with Gasteiger partial charge in [-0.1, -0.05) is 0 Å². The van der Waals surface area contributed by atoms with Gasteiger partial charge in [0.1, 0.15) is 5.56 Å². The second-order valence-electron chi connectivity index (χ2n) is 5.73. The quantitative estimate of drug-likeness (QED) is 0.525. The molecule has 2 fully saturated rings. The first-order valence-corrected chi connectivity index (χ1v) is 8.70. The lowest BCUT2D eigenvalue weighted by molar-refractivity contribution is -0.385. The van der Waals surface area contributed by atoms with Gasteiger partial charge in [-0.05, 0) is 44.2 Å². The number of nitro benzene ring substituents is 1. The van der Waals surface area contributed by atoms with Gasteiger partial charge in [-0.3, -0.25) is 14.9 Å². The number of rotatable bonds is 3. The van der Waals surface area contributed by atoms with E-state index >= 15 is 0 Å². The lowest BCUT2D eigenvalue weighted by Gasteiger charge is -2.28. The molecule has 0 aliphatic carbocycles. The van der Waals surface area contributed by atoms with E-state index in [1.54, 1.807) is 12.1 Å². The van der Waals surface area contributed by atoms with E-state index in [4.69, 9.17) is 0 Å². The highest BCUT2D eigenvalue weighted by Crippen LogP contribution is 2.33. The molecule has 0 aromatic heterocycles. The van der Waals surface area contributed by atoms with Gasteiger partial charge in [-0.15, -0.1) is 11.8 Å². The van der Waals surface area contributed by atoms with Crippen LogP contribution in [0.1, 0.15) is 29.6 Å². The zero-order valence-electron chi connectivity index (χ0n) is 12.4. The number of fused-ring (bicyclic) bond motifs is 2. The smallest absolute Gasteiger partial charge is 0.282 e. The van der Waals surface area contributed by atoms with Crippen LogP contribution in [0.5, 0.6) is 0 Å². The Morgan fingerprint density at radius 2 is 2.14 bits per heavy atom. The largest absolute Gasteiger partial charge is 0.331 e. The predicted octanol–water partition coefficient (Wildman–Crippen LogP) is 2.28. The molecule has 1 aromatic rings. The summed E-state index contributed by atoms with van der Waals surface area (Å²) in [5, 5.41) is 14.6. The molecular formula is C15H19N3O3S. The van der Waals surface area contributed by atoms with Crippen LogP contribution in [0.3, 0.4) is 0 Å². The summed E-state index contributed by atoms with van der Waals surface area (Å²) in [6.07, 6.45) is 4.78. The molecule has 118 valence electrons. The minimum Gasteiger partial charge on any atom is -0.331 e. The summed E-state index contributed by atoms with van der Waals surface area (Å²) < 4.78 is 0. The Balaban J connectivity index is 1.99. The van der Waals surface area contributed by atoms with Gasteiger partial charge in [0.2, 0.25) is 0 Å². The first-order valence-electron chi connectivity index (χ1n) is 7.47. The molecule has 2 saturated heterocycles. The summed E-state index contributed by atoms with van der Waals surface area (Å²) in [7, 11) is 0. The average molecular weight is 321 g/mol. The Hall–Kier alpha value is -1.60. The SMILES string of the molecule is CSc1ccc([N+](=O)[O-])c(C(=O)N2C3CCNCC2CC3)c1. The lowest BCUT2D eigenvalue weighted by atomic mass is 10.1. The lowest BCUT2D eigenvalue weighted by Crippen LogP contribution is -2.42. The van der Waals surface area contributed by atoms with Gasteiger partial charge in [-0.2, -0.15) is 0 Å². The van der Waals surface area contributed by atoms with Gasteiger partial charge in [0.15, 0.2) is 0 Å². The van der Waals surface area contributed by atoms with E-state index in [2.05, 4.69) is 5.32 Å². The number of carbonyl (C=O) groups excluding carboxylic acids is 1. The summed E-state index contributed by atoms with van der Waals surface area (Å²) >= 11 is 1.48. The Morgan fingerprint density at radius 3 is 2.86 bits per heavy atom. The molecule has 22 heavy (non-hydrogen) atoms. The van der Waals surface area contributed by atoms with E-state index in [-0.39, 0.29) is 29.2 Å². The zero-order valence-corrected chi connectivity index (χ0v) is 13.3. The highest BCUT2D eigenvalue weighted by atomic mass is 32.2. The van der Waals surface area contributed by atoms with E-state index in [0.717, 1.165) is 37.2 Å². The summed E-state index contributed by atoms with van der Waals surface area (Å²) in [5.41, 5.74) is 0.120. The predicted molar refractivity (Wildman–Crippen MR) is 85.3 cm³/mol. The van der Waals surface area contributed by atoms with Crippen molar-refractivity contribution in [3.63, 3.8) is 0 Å². The van der Waals surface area contributed by atoms with Gasteiger partial charge in [0, 0.05) is 29.6 Å². The summed E-state index contributed by atoms with van der Waals surface area (Å²) in [6, 6.07) is 5.14. The van der Waals surface area contributed by atoms with Crippen LogP contribution in [-0.2, 0) is 0 Å². The molecule has 0 saturated carbocycles. The highest BCUT2D eigenvalue weighted by Gasteiger charge is 2.40. The van der Waals surface area contributed by atoms with Crippen molar-refractivity contribution in [1.82, 2.24) is 10.2 Å². The summed E-state index contributed by atoms with van der Waals surface area (Å²) in [4.78, 5) is 26.6. The van der Waals surface area contributed by atoms with Crippen molar-refractivity contribution in [2.45, 2.75) is 36.2 Å². The first-order chi connectivity index (χ1) is 10.6. The maximum Gasteiger partial charge on any atom is 0.282 e. The topological polar surface area (TPSA) is 75.5 Å². The average Bonchev–Trinajstić information content (AvgIpc) is 2.78. The minimum atomic E-state index is -0.463. The van der Waals surface area contributed by atoms with Crippen molar-refractivity contribution in [3.8, 4) is 0 Å². The van der Waals surface area contributed by atoms with Crippen LogP contribution in [0.4, 0.5) is 5.69 Å². The fraction of sp³-hybridized carbons (Fsp3) is 0.533. The Bertz CT molecular complexity index is 594. The Labute approximate surface area is 133 Å². The van der Waals surface area contributed by atoms with Crippen molar-refractivity contribution in [3.05, 3.63) is 33.9 Å². The van der Waals surface area contributed by atoms with Crippen LogP contribution >= 0.6 is 11.8 Å². The fourth-order valence-electron chi connectivity index (χ4n) is 3.43. The molecule has 1 aromatic carbocycles. The van der Waals surface area contributed by atoms with Crippen molar-refractivity contribution in [2.75, 3.05) is 19.3 Å². The molecule has 2 aliphatic rings. The molecular weight excluding hydrogens is 302 g/mol. The molecule has 0 radical (unpaired) electrons. The number of carbonyl (C=O) groups is 1. The van der Waals surface area contributed by atoms with Gasteiger partial charge in [0.25, 0.3) is 11.6 Å². The molecule has 0 spiro atoms. The number of nitrogens with one attached hydrogen (secondary N) is 1. The molecule has 1 amide bonds. The second kappa shape index (κ2) is 6.26. The standard InChI is InChI=1S/C15H19N3O3S/c1-22-12-4-5-14(18(20)21)13(8-12)15(19)17-10-2-3-11(17)9-16-7-6-10/h4-5,8,10-11,16H,2-3,6-7,9H2,1H3. The molecule has 3 rings (SSSR count). The van der Waals surface area contributed by atoms with Gasteiger partial charge < -0.3 is 10.2 Å². The van der Waals surface area contributed by atoms with Gasteiger partial charge in [-0.25, -0.2) is 0 Å². The van der Waals surface area contributed by atoms with Crippen molar-refractivity contribution in [2.24, 2.45) is 0 Å². The summed E-state index contributed by atoms with van der Waals surface area (Å²) in [6.45, 7) is 1.68. The second-order valence-corrected chi connectivity index (χ2v) is 6.61. The number of hydrogen-bond acceptors (Lipinski definition) is 5. The van der Waals surface area contributed by atoms with Crippen LogP contribution in [-0.4, -0.2) is 47.2 Å². The van der Waals surface area contributed by atoms with Crippen LogP contribution < -0.4 is 5.32 Å². The first kappa shape index (κ1) is 15.3. The van der Waals surface area contributed by atoms with Crippen molar-refractivity contribution < 1.29 is 9.72 Å². The zero-order chi connectivity index (χ0) is 15.7. The van der Waals surface area contributed by atoms with Crippen molar-refractivity contribution >= 4 is 23.4 Å². The van der Waals surface area contributed by atoms with E-state index in [9.17, 15) is 14.9 Å². The third-order valence-corrected chi connectivity index (χ3v) is 5.24.